The quantitative estimate of drug-likeness (QED) is 0.141. The van der Waals surface area contributed by atoms with Crippen molar-refractivity contribution in [3.05, 3.63) is 99.5 Å². The summed E-state index contributed by atoms with van der Waals surface area (Å²) in [6, 6.07) is 22.1. The Bertz CT molecular complexity index is 1350. The lowest BCUT2D eigenvalue weighted by atomic mass is 9.82. The molecule has 2 amide bonds. The number of anilines is 1. The van der Waals surface area contributed by atoms with Gasteiger partial charge >= 0.3 is 6.09 Å². The Balaban J connectivity index is 1.46. The van der Waals surface area contributed by atoms with Crippen molar-refractivity contribution >= 4 is 49.2 Å². The van der Waals surface area contributed by atoms with Gasteiger partial charge in [-0.25, -0.2) is 4.79 Å². The maximum atomic E-state index is 13.8. The molecule has 3 aromatic carbocycles. The molecule has 2 atom stereocenters. The Kier molecular flexibility index (Phi) is 10.5. The molecule has 3 aromatic rings. The van der Waals surface area contributed by atoms with E-state index in [1.165, 1.54) is 0 Å². The van der Waals surface area contributed by atoms with E-state index in [2.05, 4.69) is 35.6 Å². The minimum atomic E-state index is -1.86. The van der Waals surface area contributed by atoms with Crippen LogP contribution in [0.5, 0.6) is 0 Å². The van der Waals surface area contributed by atoms with Crippen LogP contribution in [0.2, 0.25) is 29.7 Å². The molecule has 1 aliphatic rings. The number of rotatable bonds is 13. The molecule has 41 heavy (non-hydrogen) atoms. The average molecular weight is 615 g/mol. The highest BCUT2D eigenvalue weighted by Gasteiger charge is 2.50. The number of unbranched alkanes of at least 4 members (excludes halogenated alkanes) is 1. The van der Waals surface area contributed by atoms with Crippen molar-refractivity contribution in [1.29, 1.82) is 0 Å². The SMILES string of the molecule is C[Si](C)(C)OCC(CCCCNC(=O)OCc1ccccc1)NC1(c2ccccc2Cl)C(=O)Nc2ccc(Cl)cc21. The molecule has 0 bridgehead atoms. The van der Waals surface area contributed by atoms with Gasteiger partial charge in [-0.05, 0) is 62.3 Å². The molecule has 1 aliphatic heterocycles. The average Bonchev–Trinajstić information content (AvgIpc) is 3.21. The minimum absolute atomic E-state index is 0.182. The van der Waals surface area contributed by atoms with Gasteiger partial charge in [-0.2, -0.15) is 0 Å². The van der Waals surface area contributed by atoms with Crippen molar-refractivity contribution in [2.45, 2.75) is 57.1 Å². The first-order valence-corrected chi connectivity index (χ1v) is 18.0. The first kappa shape index (κ1) is 31.1. The summed E-state index contributed by atoms with van der Waals surface area (Å²) in [4.78, 5) is 25.9. The summed E-state index contributed by atoms with van der Waals surface area (Å²) in [6.07, 6.45) is 1.79. The Morgan fingerprint density at radius 1 is 0.976 bits per heavy atom. The molecule has 10 heteroatoms. The zero-order valence-electron chi connectivity index (χ0n) is 23.6. The summed E-state index contributed by atoms with van der Waals surface area (Å²) < 4.78 is 11.6. The Morgan fingerprint density at radius 2 is 1.71 bits per heavy atom. The number of nitrogens with one attached hydrogen (secondary N) is 3. The fraction of sp³-hybridized carbons (Fsp3) is 0.355. The molecule has 4 rings (SSSR count). The predicted molar refractivity (Wildman–Crippen MR) is 167 cm³/mol. The second-order valence-corrected chi connectivity index (χ2v) is 16.5. The second-order valence-electron chi connectivity index (χ2n) is 11.1. The van der Waals surface area contributed by atoms with E-state index in [0.717, 1.165) is 24.0 Å². The number of fused-ring (bicyclic) bond motifs is 1. The van der Waals surface area contributed by atoms with Crippen LogP contribution in [-0.4, -0.2) is 39.5 Å². The van der Waals surface area contributed by atoms with Crippen LogP contribution in [-0.2, 0) is 26.1 Å². The summed E-state index contributed by atoms with van der Waals surface area (Å²) in [5.74, 6) is -0.219. The Hall–Kier alpha value is -2.88. The third kappa shape index (κ3) is 8.11. The summed E-state index contributed by atoms with van der Waals surface area (Å²) >= 11 is 13.1. The summed E-state index contributed by atoms with van der Waals surface area (Å²) in [5.41, 5.74) is 1.76. The maximum Gasteiger partial charge on any atom is 0.407 e. The number of halogens is 2. The van der Waals surface area contributed by atoms with Gasteiger partial charge < -0.3 is 19.8 Å². The smallest absolute Gasteiger partial charge is 0.407 e. The fourth-order valence-corrected chi connectivity index (χ4v) is 6.01. The molecule has 0 radical (unpaired) electrons. The van der Waals surface area contributed by atoms with E-state index in [-0.39, 0.29) is 18.6 Å². The van der Waals surface area contributed by atoms with Crippen LogP contribution in [0.25, 0.3) is 0 Å². The van der Waals surface area contributed by atoms with Crippen LogP contribution in [0.1, 0.15) is 36.0 Å². The van der Waals surface area contributed by atoms with Crippen molar-refractivity contribution in [3.63, 3.8) is 0 Å². The highest BCUT2D eigenvalue weighted by molar-refractivity contribution is 6.69. The molecule has 0 aliphatic carbocycles. The number of carbonyl (C=O) groups excluding carboxylic acids is 2. The highest BCUT2D eigenvalue weighted by atomic mass is 35.5. The number of ether oxygens (including phenoxy) is 1. The molecule has 218 valence electrons. The molecular formula is C31H37Cl2N3O4Si. The van der Waals surface area contributed by atoms with Crippen LogP contribution in [0.3, 0.4) is 0 Å². The second kappa shape index (κ2) is 13.9. The number of carbonyl (C=O) groups is 2. The van der Waals surface area contributed by atoms with Gasteiger partial charge in [0.05, 0.1) is 0 Å². The van der Waals surface area contributed by atoms with E-state index in [1.54, 1.807) is 12.1 Å². The normalized spacial score (nSPS) is 17.0. The largest absolute Gasteiger partial charge is 0.445 e. The first-order valence-electron chi connectivity index (χ1n) is 13.8. The highest BCUT2D eigenvalue weighted by Crippen LogP contribution is 2.44. The summed E-state index contributed by atoms with van der Waals surface area (Å²) in [7, 11) is -1.86. The Labute approximate surface area is 253 Å². The lowest BCUT2D eigenvalue weighted by Gasteiger charge is -2.36. The number of benzene rings is 3. The van der Waals surface area contributed by atoms with E-state index >= 15 is 0 Å². The van der Waals surface area contributed by atoms with E-state index in [4.69, 9.17) is 32.4 Å². The van der Waals surface area contributed by atoms with Gasteiger partial charge in [-0.15, -0.1) is 0 Å². The molecular weight excluding hydrogens is 577 g/mol. The number of hydrogen-bond acceptors (Lipinski definition) is 5. The van der Waals surface area contributed by atoms with Gasteiger partial charge in [0.15, 0.2) is 13.9 Å². The molecule has 7 nitrogen and oxygen atoms in total. The zero-order chi connectivity index (χ0) is 29.5. The standard InChI is InChI=1S/C31H37Cl2N3O4Si/c1-41(2,3)40-21-24(13-9-10-18-34-30(38)39-20-22-11-5-4-6-12-22)36-31(25-14-7-8-15-27(25)33)26-19-23(32)16-17-28(26)35-29(31)37/h4-8,11-12,14-17,19,24,36H,9-10,13,18,20-21H2,1-3H3,(H,34,38)(H,35,37). The van der Waals surface area contributed by atoms with Crippen molar-refractivity contribution in [1.82, 2.24) is 10.6 Å². The van der Waals surface area contributed by atoms with E-state index < -0.39 is 19.9 Å². The van der Waals surface area contributed by atoms with Crippen LogP contribution < -0.4 is 16.0 Å². The van der Waals surface area contributed by atoms with Crippen molar-refractivity contribution in [3.8, 4) is 0 Å². The van der Waals surface area contributed by atoms with Gasteiger partial charge in [0.1, 0.15) is 6.61 Å². The van der Waals surface area contributed by atoms with Gasteiger partial charge in [0, 0.05) is 46.1 Å². The van der Waals surface area contributed by atoms with E-state index in [1.807, 2.05) is 60.7 Å². The molecule has 0 aromatic heterocycles. The number of hydrogen-bond donors (Lipinski definition) is 3. The third-order valence-corrected chi connectivity index (χ3v) is 8.45. The lowest BCUT2D eigenvalue weighted by molar-refractivity contribution is -0.120. The predicted octanol–water partition coefficient (Wildman–Crippen LogP) is 7.10. The fourth-order valence-electron chi connectivity index (χ4n) is 4.86. The van der Waals surface area contributed by atoms with Crippen LogP contribution >= 0.6 is 23.2 Å². The van der Waals surface area contributed by atoms with E-state index in [0.29, 0.717) is 40.9 Å². The van der Waals surface area contributed by atoms with Crippen LogP contribution in [0.4, 0.5) is 10.5 Å². The summed E-state index contributed by atoms with van der Waals surface area (Å²) in [5, 5.41) is 10.5. The number of amides is 2. The van der Waals surface area contributed by atoms with Crippen molar-refractivity contribution in [2.75, 3.05) is 18.5 Å². The molecule has 0 fully saturated rings. The van der Waals surface area contributed by atoms with Crippen molar-refractivity contribution < 1.29 is 18.8 Å². The topological polar surface area (TPSA) is 88.7 Å². The van der Waals surface area contributed by atoms with Gasteiger partial charge in [0.2, 0.25) is 0 Å². The van der Waals surface area contributed by atoms with Crippen LogP contribution in [0.15, 0.2) is 72.8 Å². The lowest BCUT2D eigenvalue weighted by Crippen LogP contribution is -2.55. The maximum absolute atomic E-state index is 13.8. The number of alkyl carbamates (subject to hydrolysis) is 1. The van der Waals surface area contributed by atoms with Gasteiger partial charge in [-0.1, -0.05) is 78.2 Å². The molecule has 3 N–H and O–H groups in total. The monoisotopic (exact) mass is 613 g/mol. The van der Waals surface area contributed by atoms with Crippen molar-refractivity contribution in [2.24, 2.45) is 0 Å². The summed E-state index contributed by atoms with van der Waals surface area (Å²) in [6.45, 7) is 7.54. The molecule has 0 spiro atoms. The first-order chi connectivity index (χ1) is 19.6. The third-order valence-electron chi connectivity index (χ3n) is 6.85. The van der Waals surface area contributed by atoms with Gasteiger partial charge in [0.25, 0.3) is 5.91 Å². The van der Waals surface area contributed by atoms with Crippen LogP contribution in [0, 0.1) is 0 Å². The Morgan fingerprint density at radius 3 is 2.44 bits per heavy atom. The molecule has 0 saturated carbocycles. The molecule has 0 saturated heterocycles. The molecule has 2 unspecified atom stereocenters. The minimum Gasteiger partial charge on any atom is -0.445 e. The molecule has 1 heterocycles. The zero-order valence-corrected chi connectivity index (χ0v) is 26.1. The van der Waals surface area contributed by atoms with Gasteiger partial charge in [-0.3, -0.25) is 10.1 Å². The van der Waals surface area contributed by atoms with E-state index in [9.17, 15) is 9.59 Å².